The monoisotopic (exact) mass is 334 g/mol. The van der Waals surface area contributed by atoms with Crippen molar-refractivity contribution in [3.8, 4) is 0 Å². The third kappa shape index (κ3) is 4.48. The van der Waals surface area contributed by atoms with Gasteiger partial charge in [-0.3, -0.25) is 9.89 Å². The maximum absolute atomic E-state index is 6.15. The summed E-state index contributed by atoms with van der Waals surface area (Å²) in [5, 5.41) is 5.61. The van der Waals surface area contributed by atoms with E-state index in [1.807, 2.05) is 11.3 Å². The minimum atomic E-state index is 0.495. The molecule has 1 aliphatic heterocycles. The molecule has 2 aliphatic rings. The zero-order valence-electron chi connectivity index (χ0n) is 14.2. The average Bonchev–Trinajstić information content (AvgIpc) is 3.08. The second-order valence-electron chi connectivity index (χ2n) is 7.05. The number of aliphatic imine (C=N–C) groups is 1. The fourth-order valence-corrected chi connectivity index (χ4v) is 5.06. The van der Waals surface area contributed by atoms with Crippen LogP contribution in [0.5, 0.6) is 0 Å². The van der Waals surface area contributed by atoms with Crippen molar-refractivity contribution >= 4 is 17.3 Å². The molecule has 5 heteroatoms. The molecule has 1 saturated heterocycles. The topological polar surface area (TPSA) is 53.6 Å². The van der Waals surface area contributed by atoms with Gasteiger partial charge >= 0.3 is 0 Å². The Hall–Kier alpha value is -1.07. The van der Waals surface area contributed by atoms with Crippen LogP contribution >= 0.6 is 11.3 Å². The third-order valence-electron chi connectivity index (χ3n) is 5.30. The summed E-state index contributed by atoms with van der Waals surface area (Å²) < 4.78 is 0. The summed E-state index contributed by atoms with van der Waals surface area (Å²) in [6.07, 6.45) is 8.98. The molecule has 128 valence electrons. The van der Waals surface area contributed by atoms with E-state index in [0.29, 0.717) is 24.0 Å². The molecular weight excluding hydrogens is 304 g/mol. The number of guanidine groups is 1. The van der Waals surface area contributed by atoms with E-state index in [-0.39, 0.29) is 0 Å². The Morgan fingerprint density at radius 3 is 2.87 bits per heavy atom. The Morgan fingerprint density at radius 1 is 1.30 bits per heavy atom. The lowest BCUT2D eigenvalue weighted by Gasteiger charge is -2.38. The lowest BCUT2D eigenvalue weighted by molar-refractivity contribution is 0.128. The molecule has 1 aliphatic carbocycles. The predicted octanol–water partition coefficient (Wildman–Crippen LogP) is 3.37. The predicted molar refractivity (Wildman–Crippen MR) is 98.9 cm³/mol. The quantitative estimate of drug-likeness (QED) is 0.656. The van der Waals surface area contributed by atoms with Gasteiger partial charge in [-0.05, 0) is 56.6 Å². The number of nitrogens with one attached hydrogen (secondary N) is 1. The molecule has 1 aromatic heterocycles. The number of piperidine rings is 1. The Kier molecular flexibility index (Phi) is 5.95. The fraction of sp³-hybridized carbons (Fsp3) is 0.722. The van der Waals surface area contributed by atoms with Crippen LogP contribution in [0.3, 0.4) is 0 Å². The van der Waals surface area contributed by atoms with Gasteiger partial charge in [0.25, 0.3) is 0 Å². The molecule has 2 unspecified atom stereocenters. The maximum atomic E-state index is 6.15. The Morgan fingerprint density at radius 2 is 2.13 bits per heavy atom. The van der Waals surface area contributed by atoms with Crippen molar-refractivity contribution < 1.29 is 0 Å². The van der Waals surface area contributed by atoms with E-state index in [1.165, 1.54) is 56.4 Å². The zero-order valence-corrected chi connectivity index (χ0v) is 15.0. The average molecular weight is 335 g/mol. The molecule has 0 bridgehead atoms. The summed E-state index contributed by atoms with van der Waals surface area (Å²) in [5.74, 6) is 1.22. The van der Waals surface area contributed by atoms with Gasteiger partial charge in [-0.15, -0.1) is 11.3 Å². The van der Waals surface area contributed by atoms with Gasteiger partial charge in [0, 0.05) is 23.5 Å². The van der Waals surface area contributed by atoms with Crippen LogP contribution in [-0.4, -0.2) is 37.0 Å². The number of nitrogens with zero attached hydrogens (tertiary/aromatic N) is 2. The van der Waals surface area contributed by atoms with Crippen LogP contribution in [0.25, 0.3) is 0 Å². The molecule has 2 heterocycles. The first-order valence-electron chi connectivity index (χ1n) is 9.04. The molecule has 0 aromatic carbocycles. The molecule has 3 N–H and O–H groups in total. The molecule has 23 heavy (non-hydrogen) atoms. The molecule has 1 aromatic rings. The van der Waals surface area contributed by atoms with Crippen LogP contribution in [0.1, 0.15) is 55.9 Å². The summed E-state index contributed by atoms with van der Waals surface area (Å²) in [5.41, 5.74) is 6.15. The second kappa shape index (κ2) is 8.15. The van der Waals surface area contributed by atoms with Gasteiger partial charge in [-0.1, -0.05) is 25.3 Å². The Balaban J connectivity index is 1.59. The molecule has 1 saturated carbocycles. The van der Waals surface area contributed by atoms with E-state index in [4.69, 9.17) is 10.7 Å². The minimum absolute atomic E-state index is 0.495. The van der Waals surface area contributed by atoms with Crippen LogP contribution < -0.4 is 11.1 Å². The van der Waals surface area contributed by atoms with Crippen LogP contribution in [0.4, 0.5) is 0 Å². The normalized spacial score (nSPS) is 28.0. The first-order chi connectivity index (χ1) is 11.2. The molecule has 0 spiro atoms. The molecule has 2 atom stereocenters. The van der Waals surface area contributed by atoms with E-state index >= 15 is 0 Å². The summed E-state index contributed by atoms with van der Waals surface area (Å²) in [6, 6.07) is 5.45. The summed E-state index contributed by atoms with van der Waals surface area (Å²) in [4.78, 5) is 8.65. The van der Waals surface area contributed by atoms with E-state index in [1.54, 1.807) is 0 Å². The largest absolute Gasteiger partial charge is 0.370 e. The van der Waals surface area contributed by atoms with Crippen LogP contribution in [0.2, 0.25) is 0 Å². The molecule has 4 nitrogen and oxygen atoms in total. The van der Waals surface area contributed by atoms with Gasteiger partial charge in [0.1, 0.15) is 0 Å². The van der Waals surface area contributed by atoms with Crippen LogP contribution in [0, 0.1) is 5.92 Å². The highest BCUT2D eigenvalue weighted by molar-refractivity contribution is 7.10. The summed E-state index contributed by atoms with van der Waals surface area (Å²) in [7, 11) is 2.24. The highest BCUT2D eigenvalue weighted by Crippen LogP contribution is 2.37. The SMILES string of the molecule is CN1CCCC(CN=C(N)NC2CCCCC2)C1c1cccs1. The highest BCUT2D eigenvalue weighted by atomic mass is 32.1. The van der Waals surface area contributed by atoms with Gasteiger partial charge in [0.05, 0.1) is 0 Å². The molecule has 2 fully saturated rings. The number of nitrogens with two attached hydrogens (primary N) is 1. The smallest absolute Gasteiger partial charge is 0.188 e. The highest BCUT2D eigenvalue weighted by Gasteiger charge is 2.31. The van der Waals surface area contributed by atoms with Gasteiger partial charge < -0.3 is 11.1 Å². The van der Waals surface area contributed by atoms with Gasteiger partial charge in [-0.2, -0.15) is 0 Å². The van der Waals surface area contributed by atoms with E-state index < -0.39 is 0 Å². The second-order valence-corrected chi connectivity index (χ2v) is 8.03. The minimum Gasteiger partial charge on any atom is -0.370 e. The number of likely N-dealkylation sites (tertiary alicyclic amines) is 1. The molecule has 0 amide bonds. The lowest BCUT2D eigenvalue weighted by atomic mass is 9.88. The molecular formula is C18H30N4S. The third-order valence-corrected chi connectivity index (χ3v) is 6.24. The van der Waals surface area contributed by atoms with E-state index in [2.05, 4.69) is 34.8 Å². The van der Waals surface area contributed by atoms with Crippen molar-refractivity contribution in [1.82, 2.24) is 10.2 Å². The van der Waals surface area contributed by atoms with E-state index in [9.17, 15) is 0 Å². The van der Waals surface area contributed by atoms with Gasteiger partial charge in [-0.25, -0.2) is 0 Å². The van der Waals surface area contributed by atoms with Crippen LogP contribution in [-0.2, 0) is 0 Å². The molecule has 3 rings (SSSR count). The van der Waals surface area contributed by atoms with Crippen LogP contribution in [0.15, 0.2) is 22.5 Å². The van der Waals surface area contributed by atoms with Crippen molar-refractivity contribution in [1.29, 1.82) is 0 Å². The number of hydrogen-bond acceptors (Lipinski definition) is 3. The van der Waals surface area contributed by atoms with Gasteiger partial charge in [0.15, 0.2) is 5.96 Å². The number of hydrogen-bond donors (Lipinski definition) is 2. The van der Waals surface area contributed by atoms with Crippen molar-refractivity contribution in [2.45, 2.75) is 57.0 Å². The first kappa shape index (κ1) is 16.8. The number of thiophene rings is 1. The van der Waals surface area contributed by atoms with Gasteiger partial charge in [0.2, 0.25) is 0 Å². The zero-order chi connectivity index (χ0) is 16.1. The number of rotatable bonds is 4. The first-order valence-corrected chi connectivity index (χ1v) is 9.92. The van der Waals surface area contributed by atoms with Crippen molar-refractivity contribution in [3.63, 3.8) is 0 Å². The van der Waals surface area contributed by atoms with Crippen molar-refractivity contribution in [2.24, 2.45) is 16.6 Å². The summed E-state index contributed by atoms with van der Waals surface area (Å²) in [6.45, 7) is 2.01. The summed E-state index contributed by atoms with van der Waals surface area (Å²) >= 11 is 1.86. The molecule has 0 radical (unpaired) electrons. The van der Waals surface area contributed by atoms with E-state index in [0.717, 1.165) is 6.54 Å². The lowest BCUT2D eigenvalue weighted by Crippen LogP contribution is -2.42. The van der Waals surface area contributed by atoms with Crippen molar-refractivity contribution in [3.05, 3.63) is 22.4 Å². The standard InChI is InChI=1S/C18H30N4S/c1-22-11-5-7-14(17(22)16-10-6-12-23-16)13-20-18(19)21-15-8-3-2-4-9-15/h6,10,12,14-15,17H,2-5,7-9,11,13H2,1H3,(H3,19,20,21). The Labute approximate surface area is 144 Å². The van der Waals surface area contributed by atoms with Crippen molar-refractivity contribution in [2.75, 3.05) is 20.1 Å². The Bertz CT molecular complexity index is 493. The maximum Gasteiger partial charge on any atom is 0.188 e. The fourth-order valence-electron chi connectivity index (χ4n) is 4.08.